The number of carbonyl (C=O) groups is 1. The molecule has 4 nitrogen and oxygen atoms in total. The Morgan fingerprint density at radius 2 is 1.64 bits per heavy atom. The molecule has 1 aliphatic rings. The first kappa shape index (κ1) is 17.6. The van der Waals surface area contributed by atoms with Crippen molar-refractivity contribution in [3.05, 3.63) is 66.2 Å². The highest BCUT2D eigenvalue weighted by molar-refractivity contribution is 5.89. The molecule has 25 heavy (non-hydrogen) atoms. The molecule has 2 atom stereocenters. The van der Waals surface area contributed by atoms with Gasteiger partial charge in [0.15, 0.2) is 11.9 Å². The van der Waals surface area contributed by atoms with Crippen LogP contribution in [0.5, 0.6) is 5.75 Å². The third-order valence-electron chi connectivity index (χ3n) is 4.61. The number of para-hydroxylation sites is 1. The molecule has 1 aliphatic heterocycles. The lowest BCUT2D eigenvalue weighted by molar-refractivity contribution is -0.132. The van der Waals surface area contributed by atoms with Gasteiger partial charge in [-0.25, -0.2) is 0 Å². The third-order valence-corrected chi connectivity index (χ3v) is 4.61. The van der Waals surface area contributed by atoms with Crippen LogP contribution in [0.15, 0.2) is 60.7 Å². The summed E-state index contributed by atoms with van der Waals surface area (Å²) >= 11 is 0. The van der Waals surface area contributed by atoms with E-state index in [4.69, 9.17) is 4.74 Å². The van der Waals surface area contributed by atoms with Crippen LogP contribution in [-0.4, -0.2) is 43.0 Å². The summed E-state index contributed by atoms with van der Waals surface area (Å²) in [5, 5.41) is 3.36. The fraction of sp³-hybridized carbons (Fsp3) is 0.381. The summed E-state index contributed by atoms with van der Waals surface area (Å²) < 4.78 is 6.03. The largest absolute Gasteiger partial charge is 0.483 e. The normalized spacial score (nSPS) is 17.6. The number of rotatable bonds is 7. The van der Waals surface area contributed by atoms with E-state index in [2.05, 4.69) is 10.2 Å². The van der Waals surface area contributed by atoms with Crippen molar-refractivity contribution in [2.45, 2.75) is 25.5 Å². The molecular weight excluding hydrogens is 312 g/mol. The average Bonchev–Trinajstić information content (AvgIpc) is 2.69. The summed E-state index contributed by atoms with van der Waals surface area (Å²) in [5.41, 5.74) is 1.05. The van der Waals surface area contributed by atoms with Gasteiger partial charge in [-0.3, -0.25) is 9.69 Å². The minimum atomic E-state index is -0.442. The Bertz CT molecular complexity index is 654. The first-order chi connectivity index (χ1) is 12.3. The second kappa shape index (κ2) is 8.79. The van der Waals surface area contributed by atoms with E-state index in [0.717, 1.165) is 37.5 Å². The second-order valence-corrected chi connectivity index (χ2v) is 6.33. The topological polar surface area (TPSA) is 41.6 Å². The molecule has 0 amide bonds. The molecule has 2 aromatic carbocycles. The predicted molar refractivity (Wildman–Crippen MR) is 99.8 cm³/mol. The van der Waals surface area contributed by atoms with Gasteiger partial charge in [0, 0.05) is 26.2 Å². The van der Waals surface area contributed by atoms with Crippen LogP contribution in [0.1, 0.15) is 24.9 Å². The van der Waals surface area contributed by atoms with Crippen LogP contribution >= 0.6 is 0 Å². The Hall–Kier alpha value is -2.17. The number of nitrogens with one attached hydrogen (secondary N) is 1. The van der Waals surface area contributed by atoms with Gasteiger partial charge in [-0.1, -0.05) is 55.5 Å². The molecule has 0 aromatic heterocycles. The Balaban J connectivity index is 1.84. The fourth-order valence-electron chi connectivity index (χ4n) is 3.31. The zero-order valence-electron chi connectivity index (χ0n) is 14.7. The summed E-state index contributed by atoms with van der Waals surface area (Å²) in [6.45, 7) is 5.56. The summed E-state index contributed by atoms with van der Waals surface area (Å²) in [7, 11) is 0. The van der Waals surface area contributed by atoms with Crippen LogP contribution in [0.4, 0.5) is 0 Å². The quantitative estimate of drug-likeness (QED) is 0.842. The lowest BCUT2D eigenvalue weighted by atomic mass is 9.95. The van der Waals surface area contributed by atoms with Crippen LogP contribution in [0.2, 0.25) is 0 Å². The number of hydrogen-bond donors (Lipinski definition) is 1. The number of Topliss-reactive ketones (excluding diaryl/α,β-unsaturated/α-hetero) is 1. The van der Waals surface area contributed by atoms with Crippen molar-refractivity contribution in [3.8, 4) is 5.75 Å². The molecule has 2 unspecified atom stereocenters. The molecule has 0 spiro atoms. The summed E-state index contributed by atoms with van der Waals surface area (Å²) in [6.07, 6.45) is 0.214. The molecule has 0 aliphatic carbocycles. The summed E-state index contributed by atoms with van der Waals surface area (Å²) in [4.78, 5) is 15.7. The molecule has 1 N–H and O–H groups in total. The first-order valence-electron chi connectivity index (χ1n) is 9.04. The molecular formula is C21H26N2O2. The molecule has 0 radical (unpaired) electrons. The van der Waals surface area contributed by atoms with Gasteiger partial charge >= 0.3 is 0 Å². The van der Waals surface area contributed by atoms with Crippen LogP contribution in [0, 0.1) is 0 Å². The maximum absolute atomic E-state index is 13.4. The molecule has 4 heteroatoms. The van der Waals surface area contributed by atoms with Gasteiger partial charge in [-0.05, 0) is 24.1 Å². The lowest BCUT2D eigenvalue weighted by Crippen LogP contribution is -2.49. The van der Waals surface area contributed by atoms with Crippen molar-refractivity contribution >= 4 is 5.78 Å². The zero-order valence-corrected chi connectivity index (χ0v) is 14.7. The van der Waals surface area contributed by atoms with E-state index in [1.54, 1.807) is 0 Å². The van der Waals surface area contributed by atoms with E-state index in [9.17, 15) is 4.79 Å². The van der Waals surface area contributed by atoms with Gasteiger partial charge in [0.2, 0.25) is 0 Å². The number of hydrogen-bond acceptors (Lipinski definition) is 4. The number of nitrogens with zero attached hydrogens (tertiary/aromatic N) is 1. The van der Waals surface area contributed by atoms with E-state index in [-0.39, 0.29) is 11.8 Å². The van der Waals surface area contributed by atoms with Gasteiger partial charge in [0.25, 0.3) is 0 Å². The van der Waals surface area contributed by atoms with Gasteiger partial charge in [0.05, 0.1) is 6.04 Å². The molecule has 0 saturated carbocycles. The number of piperazine rings is 1. The average molecular weight is 338 g/mol. The predicted octanol–water partition coefficient (Wildman–Crippen LogP) is 3.06. The van der Waals surface area contributed by atoms with Crippen molar-refractivity contribution in [2.75, 3.05) is 26.2 Å². The monoisotopic (exact) mass is 338 g/mol. The van der Waals surface area contributed by atoms with Crippen molar-refractivity contribution < 1.29 is 9.53 Å². The van der Waals surface area contributed by atoms with Gasteiger partial charge in [-0.15, -0.1) is 0 Å². The lowest BCUT2D eigenvalue weighted by Gasteiger charge is -2.35. The minimum Gasteiger partial charge on any atom is -0.483 e. The maximum Gasteiger partial charge on any atom is 0.194 e. The van der Waals surface area contributed by atoms with Crippen LogP contribution in [-0.2, 0) is 4.79 Å². The highest BCUT2D eigenvalue weighted by atomic mass is 16.5. The van der Waals surface area contributed by atoms with Crippen molar-refractivity contribution in [1.82, 2.24) is 10.2 Å². The Labute approximate surface area is 149 Å². The van der Waals surface area contributed by atoms with Crippen molar-refractivity contribution in [3.63, 3.8) is 0 Å². The molecule has 1 saturated heterocycles. The summed E-state index contributed by atoms with van der Waals surface area (Å²) in [6, 6.07) is 19.4. The van der Waals surface area contributed by atoms with E-state index in [1.807, 2.05) is 67.6 Å². The summed E-state index contributed by atoms with van der Waals surface area (Å²) in [5.74, 6) is 0.884. The third kappa shape index (κ3) is 4.47. The Morgan fingerprint density at radius 3 is 2.24 bits per heavy atom. The maximum atomic E-state index is 13.4. The molecule has 0 bridgehead atoms. The minimum absolute atomic E-state index is 0.138. The Kier molecular flexibility index (Phi) is 6.20. The standard InChI is InChI=1S/C21H26N2O2/c1-2-19(25-18-11-7-4-8-12-18)21(24)20(17-9-5-3-6-10-17)23-15-13-22-14-16-23/h3-12,19-20,22H,2,13-16H2,1H3. The van der Waals surface area contributed by atoms with Crippen molar-refractivity contribution in [2.24, 2.45) is 0 Å². The zero-order chi connectivity index (χ0) is 17.5. The van der Waals surface area contributed by atoms with E-state index in [0.29, 0.717) is 6.42 Å². The molecule has 2 aromatic rings. The Morgan fingerprint density at radius 1 is 1.04 bits per heavy atom. The molecule has 1 heterocycles. The fourth-order valence-corrected chi connectivity index (χ4v) is 3.31. The number of carbonyl (C=O) groups excluding carboxylic acids is 1. The van der Waals surface area contributed by atoms with Crippen LogP contribution in [0.3, 0.4) is 0 Å². The van der Waals surface area contributed by atoms with Gasteiger partial charge < -0.3 is 10.1 Å². The van der Waals surface area contributed by atoms with Crippen molar-refractivity contribution in [1.29, 1.82) is 0 Å². The smallest absolute Gasteiger partial charge is 0.194 e. The van der Waals surface area contributed by atoms with Crippen LogP contribution in [0.25, 0.3) is 0 Å². The number of ether oxygens (including phenoxy) is 1. The van der Waals surface area contributed by atoms with Gasteiger partial charge in [0.1, 0.15) is 5.75 Å². The highest BCUT2D eigenvalue weighted by Crippen LogP contribution is 2.26. The molecule has 132 valence electrons. The van der Waals surface area contributed by atoms with E-state index in [1.165, 1.54) is 0 Å². The van der Waals surface area contributed by atoms with E-state index < -0.39 is 6.10 Å². The SMILES string of the molecule is CCC(Oc1ccccc1)C(=O)C(c1ccccc1)N1CCNCC1. The molecule has 1 fully saturated rings. The number of ketones is 1. The van der Waals surface area contributed by atoms with Crippen LogP contribution < -0.4 is 10.1 Å². The van der Waals surface area contributed by atoms with E-state index >= 15 is 0 Å². The first-order valence-corrected chi connectivity index (χ1v) is 9.04. The highest BCUT2D eigenvalue weighted by Gasteiger charge is 2.33. The second-order valence-electron chi connectivity index (χ2n) is 6.33. The van der Waals surface area contributed by atoms with Gasteiger partial charge in [-0.2, -0.15) is 0 Å². The number of benzene rings is 2. The molecule has 3 rings (SSSR count).